The molecule has 0 fully saturated rings. The Morgan fingerprint density at radius 2 is 1.70 bits per heavy atom. The predicted molar refractivity (Wildman–Crippen MR) is 86.0 cm³/mol. The average molecular weight is 314 g/mol. The van der Waals surface area contributed by atoms with E-state index in [9.17, 15) is 9.59 Å². The van der Waals surface area contributed by atoms with Gasteiger partial charge in [0.15, 0.2) is 6.61 Å². The Balaban J connectivity index is 1.76. The summed E-state index contributed by atoms with van der Waals surface area (Å²) in [5, 5.41) is 2.68. The van der Waals surface area contributed by atoms with E-state index in [0.717, 1.165) is 11.3 Å². The maximum atomic E-state index is 11.7. The largest absolute Gasteiger partial charge is 0.497 e. The highest BCUT2D eigenvalue weighted by Crippen LogP contribution is 2.11. The zero-order valence-electron chi connectivity index (χ0n) is 12.7. The topological polar surface area (TPSA) is 90.6 Å². The Labute approximate surface area is 134 Å². The van der Waals surface area contributed by atoms with Crippen molar-refractivity contribution in [2.45, 2.75) is 6.54 Å². The van der Waals surface area contributed by atoms with Crippen LogP contribution < -0.4 is 15.8 Å². The van der Waals surface area contributed by atoms with Crippen molar-refractivity contribution >= 4 is 17.6 Å². The van der Waals surface area contributed by atoms with Crippen LogP contribution in [-0.2, 0) is 16.1 Å². The highest BCUT2D eigenvalue weighted by molar-refractivity contribution is 5.91. The first-order chi connectivity index (χ1) is 11.1. The normalized spacial score (nSPS) is 9.96. The number of amides is 1. The van der Waals surface area contributed by atoms with Crippen molar-refractivity contribution in [3.63, 3.8) is 0 Å². The fourth-order valence-electron chi connectivity index (χ4n) is 1.83. The molecule has 0 aliphatic heterocycles. The molecule has 0 aromatic heterocycles. The number of anilines is 1. The summed E-state index contributed by atoms with van der Waals surface area (Å²) in [6.07, 6.45) is 0. The van der Waals surface area contributed by atoms with Gasteiger partial charge in [0.1, 0.15) is 5.75 Å². The van der Waals surface area contributed by atoms with Gasteiger partial charge in [-0.1, -0.05) is 12.1 Å². The third kappa shape index (κ3) is 5.03. The molecule has 0 atom stereocenters. The lowest BCUT2D eigenvalue weighted by Crippen LogP contribution is -2.28. The number of hydrogen-bond donors (Lipinski definition) is 2. The van der Waals surface area contributed by atoms with Gasteiger partial charge in [-0.05, 0) is 42.0 Å². The van der Waals surface area contributed by atoms with Crippen LogP contribution in [0.5, 0.6) is 5.75 Å². The second-order valence-electron chi connectivity index (χ2n) is 4.82. The maximum absolute atomic E-state index is 11.7. The van der Waals surface area contributed by atoms with Gasteiger partial charge in [-0.15, -0.1) is 0 Å². The smallest absolute Gasteiger partial charge is 0.338 e. The molecule has 0 saturated heterocycles. The molecule has 0 radical (unpaired) electrons. The highest BCUT2D eigenvalue weighted by atomic mass is 16.5. The Bertz CT molecular complexity index is 666. The molecule has 0 aliphatic carbocycles. The van der Waals surface area contributed by atoms with Gasteiger partial charge < -0.3 is 20.5 Å². The van der Waals surface area contributed by atoms with Crippen LogP contribution >= 0.6 is 0 Å². The van der Waals surface area contributed by atoms with Crippen LogP contribution in [0, 0.1) is 0 Å². The van der Waals surface area contributed by atoms with E-state index < -0.39 is 5.97 Å². The van der Waals surface area contributed by atoms with Crippen LogP contribution in [-0.4, -0.2) is 25.6 Å². The molecule has 0 unspecified atom stereocenters. The summed E-state index contributed by atoms with van der Waals surface area (Å²) in [5.41, 5.74) is 7.36. The summed E-state index contributed by atoms with van der Waals surface area (Å²) in [4.78, 5) is 23.4. The van der Waals surface area contributed by atoms with Gasteiger partial charge >= 0.3 is 5.97 Å². The summed E-state index contributed by atoms with van der Waals surface area (Å²) in [6, 6.07) is 13.6. The number of methoxy groups -OCH3 is 1. The van der Waals surface area contributed by atoms with Crippen LogP contribution in [0.3, 0.4) is 0 Å². The number of ether oxygens (including phenoxy) is 2. The minimum absolute atomic E-state index is 0.334. The summed E-state index contributed by atoms with van der Waals surface area (Å²) >= 11 is 0. The molecule has 2 aromatic carbocycles. The summed E-state index contributed by atoms with van der Waals surface area (Å²) < 4.78 is 10.00. The molecule has 23 heavy (non-hydrogen) atoms. The van der Waals surface area contributed by atoms with Gasteiger partial charge in [0.05, 0.1) is 12.7 Å². The first-order valence-corrected chi connectivity index (χ1v) is 7.01. The van der Waals surface area contributed by atoms with E-state index in [1.807, 2.05) is 24.3 Å². The van der Waals surface area contributed by atoms with Gasteiger partial charge in [-0.3, -0.25) is 4.79 Å². The number of carbonyl (C=O) groups excluding carboxylic acids is 2. The van der Waals surface area contributed by atoms with Gasteiger partial charge in [0.25, 0.3) is 5.91 Å². The van der Waals surface area contributed by atoms with Crippen LogP contribution in [0.4, 0.5) is 5.69 Å². The second kappa shape index (κ2) is 7.84. The van der Waals surface area contributed by atoms with Crippen molar-refractivity contribution in [2.75, 3.05) is 19.5 Å². The second-order valence-corrected chi connectivity index (χ2v) is 4.82. The SMILES string of the molecule is COc1ccc(CNC(=O)COC(=O)c2ccc(N)cc2)cc1. The minimum Gasteiger partial charge on any atom is -0.497 e. The fraction of sp³-hybridized carbons (Fsp3) is 0.176. The molecule has 3 N–H and O–H groups in total. The standard InChI is InChI=1S/C17H18N2O4/c1-22-15-8-2-12(3-9-15)10-19-16(20)11-23-17(21)13-4-6-14(18)7-5-13/h2-9H,10-11,18H2,1H3,(H,19,20). The van der Waals surface area contributed by atoms with Crippen molar-refractivity contribution in [1.29, 1.82) is 0 Å². The van der Waals surface area contributed by atoms with Crippen LogP contribution in [0.2, 0.25) is 0 Å². The Morgan fingerprint density at radius 3 is 2.30 bits per heavy atom. The number of nitrogen functional groups attached to an aromatic ring is 1. The van der Waals surface area contributed by atoms with E-state index in [0.29, 0.717) is 17.8 Å². The lowest BCUT2D eigenvalue weighted by molar-refractivity contribution is -0.124. The number of carbonyl (C=O) groups is 2. The van der Waals surface area contributed by atoms with E-state index >= 15 is 0 Å². The van der Waals surface area contributed by atoms with Crippen LogP contribution in [0.25, 0.3) is 0 Å². The Morgan fingerprint density at radius 1 is 1.04 bits per heavy atom. The van der Waals surface area contributed by atoms with Crippen molar-refractivity contribution in [2.24, 2.45) is 0 Å². The number of hydrogen-bond acceptors (Lipinski definition) is 5. The zero-order chi connectivity index (χ0) is 16.7. The lowest BCUT2D eigenvalue weighted by atomic mass is 10.2. The molecule has 0 saturated carbocycles. The number of benzene rings is 2. The number of nitrogens with two attached hydrogens (primary N) is 1. The third-order valence-electron chi connectivity index (χ3n) is 3.13. The van der Waals surface area contributed by atoms with Crippen molar-refractivity contribution in [1.82, 2.24) is 5.32 Å². The van der Waals surface area contributed by atoms with Crippen molar-refractivity contribution in [3.05, 3.63) is 59.7 Å². The van der Waals surface area contributed by atoms with Gasteiger partial charge in [-0.25, -0.2) is 4.79 Å². The molecule has 120 valence electrons. The molecule has 2 rings (SSSR count). The van der Waals surface area contributed by atoms with Gasteiger partial charge in [0, 0.05) is 12.2 Å². The maximum Gasteiger partial charge on any atom is 0.338 e. The summed E-state index contributed by atoms with van der Waals surface area (Å²) in [6.45, 7) is 0.0155. The molecule has 6 nitrogen and oxygen atoms in total. The lowest BCUT2D eigenvalue weighted by Gasteiger charge is -2.07. The molecular formula is C17H18N2O4. The highest BCUT2D eigenvalue weighted by Gasteiger charge is 2.09. The van der Waals surface area contributed by atoms with E-state index in [2.05, 4.69) is 5.32 Å². The van der Waals surface area contributed by atoms with Crippen molar-refractivity contribution in [3.8, 4) is 5.75 Å². The molecular weight excluding hydrogens is 296 g/mol. The minimum atomic E-state index is -0.565. The molecule has 0 spiro atoms. The number of rotatable bonds is 6. The number of esters is 1. The zero-order valence-corrected chi connectivity index (χ0v) is 12.7. The first kappa shape index (κ1) is 16.4. The summed E-state index contributed by atoms with van der Waals surface area (Å²) in [7, 11) is 1.59. The summed E-state index contributed by atoms with van der Waals surface area (Å²) in [5.74, 6) is -0.188. The Hall–Kier alpha value is -3.02. The van der Waals surface area contributed by atoms with E-state index in [4.69, 9.17) is 15.2 Å². The predicted octanol–water partition coefficient (Wildman–Crippen LogP) is 1.75. The first-order valence-electron chi connectivity index (χ1n) is 7.01. The molecule has 1 amide bonds. The van der Waals surface area contributed by atoms with E-state index in [1.54, 1.807) is 31.4 Å². The van der Waals surface area contributed by atoms with Crippen LogP contribution in [0.1, 0.15) is 15.9 Å². The molecule has 0 bridgehead atoms. The van der Waals surface area contributed by atoms with Crippen LogP contribution in [0.15, 0.2) is 48.5 Å². The van der Waals surface area contributed by atoms with Gasteiger partial charge in [-0.2, -0.15) is 0 Å². The Kier molecular flexibility index (Phi) is 5.57. The molecule has 0 aliphatic rings. The monoisotopic (exact) mass is 314 g/mol. The fourth-order valence-corrected chi connectivity index (χ4v) is 1.83. The molecule has 2 aromatic rings. The molecule has 6 heteroatoms. The quantitative estimate of drug-likeness (QED) is 0.626. The van der Waals surface area contributed by atoms with E-state index in [-0.39, 0.29) is 12.5 Å². The average Bonchev–Trinajstić information content (AvgIpc) is 2.59. The third-order valence-corrected chi connectivity index (χ3v) is 3.13. The van der Waals surface area contributed by atoms with Crippen molar-refractivity contribution < 1.29 is 19.1 Å². The molecule has 0 heterocycles. The number of nitrogens with one attached hydrogen (secondary N) is 1. The van der Waals surface area contributed by atoms with Gasteiger partial charge in [0.2, 0.25) is 0 Å². The van der Waals surface area contributed by atoms with E-state index in [1.165, 1.54) is 0 Å².